The first-order valence-corrected chi connectivity index (χ1v) is 6.24. The van der Waals surface area contributed by atoms with Crippen LogP contribution in [-0.4, -0.2) is 14.6 Å². The molecule has 0 atom stereocenters. The monoisotopic (exact) mass is 277 g/mol. The molecule has 2 aromatic heterocycles. The first kappa shape index (κ1) is 11.8. The van der Waals surface area contributed by atoms with Crippen molar-refractivity contribution in [3.63, 3.8) is 0 Å². The molecule has 0 bridgehead atoms. The first-order chi connectivity index (χ1) is 9.13. The van der Waals surface area contributed by atoms with Gasteiger partial charge in [-0.05, 0) is 29.9 Å². The molecule has 0 aliphatic heterocycles. The zero-order valence-corrected chi connectivity index (χ0v) is 10.6. The number of aryl methyl sites for hydroxylation is 1. The van der Waals surface area contributed by atoms with Gasteiger partial charge >= 0.3 is 0 Å². The second-order valence-electron chi connectivity index (χ2n) is 3.86. The van der Waals surface area contributed by atoms with Crippen LogP contribution in [0.15, 0.2) is 35.3 Å². The Kier molecular flexibility index (Phi) is 2.75. The average Bonchev–Trinajstić information content (AvgIpc) is 2.78. The molecule has 0 aliphatic carbocycles. The zero-order chi connectivity index (χ0) is 13.4. The molecule has 0 N–H and O–H groups in total. The molecular weight excluding hydrogens is 269 g/mol. The minimum Gasteiger partial charge on any atom is -0.430 e. The fourth-order valence-corrected chi connectivity index (χ4v) is 2.25. The van der Waals surface area contributed by atoms with Gasteiger partial charge < -0.3 is 4.74 Å². The van der Waals surface area contributed by atoms with Crippen molar-refractivity contribution in [2.24, 2.45) is 0 Å². The molecule has 7 heteroatoms. The van der Waals surface area contributed by atoms with Crippen LogP contribution in [0.4, 0.5) is 4.39 Å². The first-order valence-electron chi connectivity index (χ1n) is 5.42. The molecule has 0 spiro atoms. The second-order valence-corrected chi connectivity index (χ2v) is 4.78. The maximum atomic E-state index is 13.4. The lowest BCUT2D eigenvalue weighted by atomic mass is 10.2. The minimum atomic E-state index is -0.353. The molecule has 5 nitrogen and oxygen atoms in total. The molecule has 0 saturated heterocycles. The van der Waals surface area contributed by atoms with Crippen molar-refractivity contribution in [1.29, 1.82) is 0 Å². The summed E-state index contributed by atoms with van der Waals surface area (Å²) in [6.07, 6.45) is 1.41. The number of aromatic nitrogens is 3. The number of halogens is 1. The van der Waals surface area contributed by atoms with Crippen LogP contribution in [0.1, 0.15) is 5.56 Å². The zero-order valence-electron chi connectivity index (χ0n) is 9.83. The largest absolute Gasteiger partial charge is 0.430 e. The highest BCUT2D eigenvalue weighted by Crippen LogP contribution is 2.26. The van der Waals surface area contributed by atoms with Gasteiger partial charge in [-0.1, -0.05) is 6.07 Å². The summed E-state index contributed by atoms with van der Waals surface area (Å²) in [5.74, 6) is -0.0240. The van der Waals surface area contributed by atoms with Crippen molar-refractivity contribution in [3.05, 3.63) is 52.2 Å². The number of nitrogens with zero attached hydrogens (tertiary/aromatic N) is 3. The average molecular weight is 277 g/mol. The molecular formula is C12H8FN3O2S. The van der Waals surface area contributed by atoms with Crippen molar-refractivity contribution >= 4 is 16.3 Å². The van der Waals surface area contributed by atoms with E-state index in [0.717, 1.165) is 15.9 Å². The van der Waals surface area contributed by atoms with E-state index in [1.807, 2.05) is 0 Å². The maximum absolute atomic E-state index is 13.4. The van der Waals surface area contributed by atoms with Gasteiger partial charge in [-0.2, -0.15) is 4.52 Å². The summed E-state index contributed by atoms with van der Waals surface area (Å²) in [6.45, 7) is 1.67. The Morgan fingerprint density at radius 1 is 1.37 bits per heavy atom. The molecule has 2 heterocycles. The lowest BCUT2D eigenvalue weighted by Crippen LogP contribution is -2.12. The SMILES string of the molecule is Cc1ccc(Oc2nn3c(=O)ccnc3s2)cc1F. The van der Waals surface area contributed by atoms with E-state index in [9.17, 15) is 9.18 Å². The van der Waals surface area contributed by atoms with Crippen LogP contribution < -0.4 is 10.3 Å². The Balaban J connectivity index is 1.99. The summed E-state index contributed by atoms with van der Waals surface area (Å²) in [5.41, 5.74) is 0.251. The van der Waals surface area contributed by atoms with E-state index in [2.05, 4.69) is 10.1 Å². The summed E-state index contributed by atoms with van der Waals surface area (Å²) >= 11 is 1.11. The van der Waals surface area contributed by atoms with E-state index in [1.54, 1.807) is 19.1 Å². The van der Waals surface area contributed by atoms with E-state index < -0.39 is 0 Å². The van der Waals surface area contributed by atoms with Crippen molar-refractivity contribution in [2.75, 3.05) is 0 Å². The molecule has 0 amide bonds. The third-order valence-corrected chi connectivity index (χ3v) is 3.30. The van der Waals surface area contributed by atoms with Crippen molar-refractivity contribution in [2.45, 2.75) is 6.92 Å². The van der Waals surface area contributed by atoms with E-state index in [1.165, 1.54) is 18.3 Å². The molecule has 0 saturated carbocycles. The summed E-state index contributed by atoms with van der Waals surface area (Å²) in [7, 11) is 0. The fraction of sp³-hybridized carbons (Fsp3) is 0.0833. The smallest absolute Gasteiger partial charge is 0.299 e. The van der Waals surface area contributed by atoms with E-state index >= 15 is 0 Å². The van der Waals surface area contributed by atoms with Crippen molar-refractivity contribution in [3.8, 4) is 10.9 Å². The molecule has 3 rings (SSSR count). The Morgan fingerprint density at radius 2 is 2.21 bits per heavy atom. The van der Waals surface area contributed by atoms with Gasteiger partial charge in [0.2, 0.25) is 4.96 Å². The molecule has 0 radical (unpaired) electrons. The number of hydrogen-bond donors (Lipinski definition) is 0. The van der Waals surface area contributed by atoms with Crippen LogP contribution in [0.2, 0.25) is 0 Å². The number of ether oxygens (including phenoxy) is 1. The molecule has 0 aliphatic rings. The third-order valence-electron chi connectivity index (χ3n) is 2.50. The molecule has 96 valence electrons. The predicted molar refractivity (Wildman–Crippen MR) is 68.3 cm³/mol. The van der Waals surface area contributed by atoms with Gasteiger partial charge in [-0.25, -0.2) is 9.37 Å². The van der Waals surface area contributed by atoms with Crippen LogP contribution in [0.5, 0.6) is 10.9 Å². The van der Waals surface area contributed by atoms with E-state index in [0.29, 0.717) is 16.3 Å². The number of fused-ring (bicyclic) bond motifs is 1. The lowest BCUT2D eigenvalue weighted by molar-refractivity contribution is 0.464. The standard InChI is InChI=1S/C12H8FN3O2S/c1-7-2-3-8(6-9(7)13)18-12-15-16-10(17)4-5-14-11(16)19-12/h2-6H,1H3. The highest BCUT2D eigenvalue weighted by molar-refractivity contribution is 7.18. The highest BCUT2D eigenvalue weighted by Gasteiger charge is 2.09. The summed E-state index contributed by atoms with van der Waals surface area (Å²) in [5, 5.41) is 4.21. The van der Waals surface area contributed by atoms with Gasteiger partial charge in [0.15, 0.2) is 0 Å². The van der Waals surface area contributed by atoms with Crippen LogP contribution in [0.3, 0.4) is 0 Å². The van der Waals surface area contributed by atoms with Gasteiger partial charge in [-0.15, -0.1) is 5.10 Å². The van der Waals surface area contributed by atoms with E-state index in [-0.39, 0.29) is 16.6 Å². The highest BCUT2D eigenvalue weighted by atomic mass is 32.1. The summed E-state index contributed by atoms with van der Waals surface area (Å²) in [6, 6.07) is 5.84. The molecule has 0 fully saturated rings. The normalized spacial score (nSPS) is 10.8. The minimum absolute atomic E-state index is 0.235. The number of hydrogen-bond acceptors (Lipinski definition) is 5. The van der Waals surface area contributed by atoms with Crippen LogP contribution in [0.25, 0.3) is 4.96 Å². The lowest BCUT2D eigenvalue weighted by Gasteiger charge is -2.02. The topological polar surface area (TPSA) is 56.5 Å². The third kappa shape index (κ3) is 2.19. The van der Waals surface area contributed by atoms with Crippen LogP contribution in [-0.2, 0) is 0 Å². The fourth-order valence-electron chi connectivity index (χ4n) is 1.51. The Bertz CT molecular complexity index is 812. The quantitative estimate of drug-likeness (QED) is 0.721. The van der Waals surface area contributed by atoms with Crippen LogP contribution in [0, 0.1) is 12.7 Å². The van der Waals surface area contributed by atoms with Gasteiger partial charge in [-0.3, -0.25) is 4.79 Å². The Labute approximate surface area is 110 Å². The second kappa shape index (κ2) is 4.43. The molecule has 19 heavy (non-hydrogen) atoms. The number of benzene rings is 1. The predicted octanol–water partition coefficient (Wildman–Crippen LogP) is 2.39. The molecule has 3 aromatic rings. The van der Waals surface area contributed by atoms with Gasteiger partial charge in [0.1, 0.15) is 11.6 Å². The van der Waals surface area contributed by atoms with Gasteiger partial charge in [0.05, 0.1) is 0 Å². The maximum Gasteiger partial charge on any atom is 0.299 e. The molecule has 0 unspecified atom stereocenters. The van der Waals surface area contributed by atoms with Crippen molar-refractivity contribution < 1.29 is 9.13 Å². The summed E-state index contributed by atoms with van der Waals surface area (Å²) < 4.78 is 20.0. The van der Waals surface area contributed by atoms with E-state index in [4.69, 9.17) is 4.74 Å². The molecule has 1 aromatic carbocycles. The number of rotatable bonds is 2. The van der Waals surface area contributed by atoms with Gasteiger partial charge in [0, 0.05) is 18.3 Å². The van der Waals surface area contributed by atoms with Crippen LogP contribution >= 0.6 is 11.3 Å². The van der Waals surface area contributed by atoms with Gasteiger partial charge in [0.25, 0.3) is 10.8 Å². The Morgan fingerprint density at radius 3 is 2.95 bits per heavy atom. The Hall–Kier alpha value is -2.28. The summed E-state index contributed by atoms with van der Waals surface area (Å²) in [4.78, 5) is 15.9. The van der Waals surface area contributed by atoms with Crippen molar-refractivity contribution in [1.82, 2.24) is 14.6 Å².